The molecule has 0 radical (unpaired) electrons. The van der Waals surface area contributed by atoms with Crippen LogP contribution in [-0.2, 0) is 13.2 Å². The molecule has 1 fully saturated rings. The molecule has 1 aromatic heterocycles. The van der Waals surface area contributed by atoms with Crippen LogP contribution in [0, 0.1) is 11.8 Å². The highest BCUT2D eigenvalue weighted by molar-refractivity contribution is 5.30. The first kappa shape index (κ1) is 15.8. The van der Waals surface area contributed by atoms with Crippen LogP contribution in [0.3, 0.4) is 0 Å². The molecule has 0 spiro atoms. The van der Waals surface area contributed by atoms with Crippen LogP contribution in [0.1, 0.15) is 11.4 Å². The predicted molar refractivity (Wildman–Crippen MR) is 69.7 cm³/mol. The molecular formula is C12H18N4O5. The molecule has 1 aliphatic rings. The lowest BCUT2D eigenvalue weighted by Gasteiger charge is -2.16. The number of nitrogens with zero attached hydrogens (tertiary/aromatic N) is 3. The Bertz CT molecular complexity index is 537. The standard InChI is InChI=1S/C12H18N4O5/c17-3-1-2-7-10(6-19)16(15-14-7)4-8-11(20)12(21)9(5-18)13-8/h8-9,11-13,17-21H,3-6H2/t8-,9-,11-,12-/m1/s1. The minimum atomic E-state index is -1.07. The van der Waals surface area contributed by atoms with Crippen LogP contribution >= 0.6 is 0 Å². The third-order valence-corrected chi connectivity index (χ3v) is 3.44. The number of hydrogen-bond donors (Lipinski definition) is 6. The predicted octanol–water partition coefficient (Wildman–Crippen LogP) is -3.83. The fourth-order valence-corrected chi connectivity index (χ4v) is 2.31. The van der Waals surface area contributed by atoms with Gasteiger partial charge in [-0.25, -0.2) is 4.68 Å². The van der Waals surface area contributed by atoms with Crippen LogP contribution in [0.2, 0.25) is 0 Å². The van der Waals surface area contributed by atoms with Crippen molar-refractivity contribution in [2.75, 3.05) is 13.2 Å². The number of aromatic nitrogens is 3. The molecule has 21 heavy (non-hydrogen) atoms. The second kappa shape index (κ2) is 6.95. The molecule has 4 atom stereocenters. The van der Waals surface area contributed by atoms with Crippen LogP contribution < -0.4 is 5.32 Å². The quantitative estimate of drug-likeness (QED) is 0.310. The lowest BCUT2D eigenvalue weighted by molar-refractivity contribution is 0.0173. The zero-order chi connectivity index (χ0) is 15.4. The highest BCUT2D eigenvalue weighted by Crippen LogP contribution is 2.17. The summed E-state index contributed by atoms with van der Waals surface area (Å²) in [5, 5.41) is 57.3. The van der Waals surface area contributed by atoms with Gasteiger partial charge in [-0.3, -0.25) is 0 Å². The highest BCUT2D eigenvalue weighted by Gasteiger charge is 2.41. The molecule has 1 saturated heterocycles. The molecule has 6 N–H and O–H groups in total. The van der Waals surface area contributed by atoms with Crippen molar-refractivity contribution < 1.29 is 25.5 Å². The Morgan fingerprint density at radius 1 is 1.14 bits per heavy atom. The van der Waals surface area contributed by atoms with Gasteiger partial charge < -0.3 is 30.8 Å². The summed E-state index contributed by atoms with van der Waals surface area (Å²) in [6, 6.07) is -1.15. The topological polar surface area (TPSA) is 144 Å². The molecule has 0 aliphatic carbocycles. The van der Waals surface area contributed by atoms with Crippen molar-refractivity contribution in [1.29, 1.82) is 0 Å². The van der Waals surface area contributed by atoms with E-state index in [0.717, 1.165) is 0 Å². The van der Waals surface area contributed by atoms with Crippen LogP contribution in [0.25, 0.3) is 0 Å². The Morgan fingerprint density at radius 3 is 2.43 bits per heavy atom. The van der Waals surface area contributed by atoms with Gasteiger partial charge in [0.1, 0.15) is 12.3 Å². The number of aliphatic hydroxyl groups is 5. The van der Waals surface area contributed by atoms with Gasteiger partial charge in [0.15, 0.2) is 5.69 Å². The molecule has 2 heterocycles. The summed E-state index contributed by atoms with van der Waals surface area (Å²) >= 11 is 0. The van der Waals surface area contributed by atoms with E-state index in [1.807, 2.05) is 0 Å². The third kappa shape index (κ3) is 3.21. The Hall–Kier alpha value is -1.54. The smallest absolute Gasteiger partial charge is 0.161 e. The molecule has 116 valence electrons. The van der Waals surface area contributed by atoms with Gasteiger partial charge >= 0.3 is 0 Å². The SMILES string of the molecule is OCC#Cc1nnn(C[C@H]2N[C@H](CO)[C@@H](O)[C@@H]2O)c1CO. The minimum absolute atomic E-state index is 0.151. The van der Waals surface area contributed by atoms with Gasteiger partial charge in [-0.15, -0.1) is 5.10 Å². The van der Waals surface area contributed by atoms with Gasteiger partial charge in [-0.2, -0.15) is 0 Å². The number of hydrogen-bond acceptors (Lipinski definition) is 8. The van der Waals surface area contributed by atoms with Crippen molar-refractivity contribution in [1.82, 2.24) is 20.3 Å². The second-order valence-electron chi connectivity index (χ2n) is 4.73. The maximum absolute atomic E-state index is 9.92. The summed E-state index contributed by atoms with van der Waals surface area (Å²) in [7, 11) is 0. The molecule has 1 aromatic rings. The Kier molecular flexibility index (Phi) is 5.24. The van der Waals surface area contributed by atoms with Crippen molar-refractivity contribution in [3.05, 3.63) is 11.4 Å². The van der Waals surface area contributed by atoms with E-state index in [-0.39, 0.29) is 32.1 Å². The Balaban J connectivity index is 2.15. The fourth-order valence-electron chi connectivity index (χ4n) is 2.31. The zero-order valence-corrected chi connectivity index (χ0v) is 11.2. The zero-order valence-electron chi connectivity index (χ0n) is 11.2. The van der Waals surface area contributed by atoms with Crippen LogP contribution in [0.4, 0.5) is 0 Å². The molecular weight excluding hydrogens is 280 g/mol. The highest BCUT2D eigenvalue weighted by atomic mass is 16.3. The molecule has 0 bridgehead atoms. The van der Waals surface area contributed by atoms with Gasteiger partial charge in [0.25, 0.3) is 0 Å². The first-order valence-electron chi connectivity index (χ1n) is 6.48. The van der Waals surface area contributed by atoms with Gasteiger partial charge in [0.2, 0.25) is 0 Å². The van der Waals surface area contributed by atoms with Crippen molar-refractivity contribution in [3.63, 3.8) is 0 Å². The molecule has 1 aliphatic heterocycles. The minimum Gasteiger partial charge on any atom is -0.395 e. The number of rotatable bonds is 4. The van der Waals surface area contributed by atoms with E-state index in [4.69, 9.17) is 10.2 Å². The molecule has 0 saturated carbocycles. The monoisotopic (exact) mass is 298 g/mol. The maximum atomic E-state index is 9.92. The van der Waals surface area contributed by atoms with E-state index in [1.54, 1.807) is 0 Å². The number of aliphatic hydroxyl groups excluding tert-OH is 5. The van der Waals surface area contributed by atoms with Gasteiger partial charge in [-0.1, -0.05) is 11.1 Å². The first-order chi connectivity index (χ1) is 10.1. The summed E-state index contributed by atoms with van der Waals surface area (Å²) in [5.74, 6) is 4.99. The van der Waals surface area contributed by atoms with Crippen molar-refractivity contribution >= 4 is 0 Å². The van der Waals surface area contributed by atoms with E-state index in [1.165, 1.54) is 4.68 Å². The molecule has 9 heteroatoms. The molecule has 0 unspecified atom stereocenters. The molecule has 9 nitrogen and oxygen atoms in total. The second-order valence-corrected chi connectivity index (χ2v) is 4.73. The maximum Gasteiger partial charge on any atom is 0.161 e. The van der Waals surface area contributed by atoms with Crippen molar-refractivity contribution in [2.45, 2.75) is 37.4 Å². The van der Waals surface area contributed by atoms with Gasteiger partial charge in [0.05, 0.1) is 44.1 Å². The Morgan fingerprint density at radius 2 is 1.86 bits per heavy atom. The van der Waals surface area contributed by atoms with E-state index in [2.05, 4.69) is 27.5 Å². The largest absolute Gasteiger partial charge is 0.395 e. The van der Waals surface area contributed by atoms with E-state index in [9.17, 15) is 15.3 Å². The molecule has 0 aromatic carbocycles. The van der Waals surface area contributed by atoms with Crippen molar-refractivity contribution in [3.8, 4) is 11.8 Å². The van der Waals surface area contributed by atoms with E-state index >= 15 is 0 Å². The Labute approximate surface area is 120 Å². The fraction of sp³-hybridized carbons (Fsp3) is 0.667. The van der Waals surface area contributed by atoms with E-state index < -0.39 is 24.3 Å². The summed E-state index contributed by atoms with van der Waals surface area (Å²) < 4.78 is 1.37. The average molecular weight is 298 g/mol. The lowest BCUT2D eigenvalue weighted by Crippen LogP contribution is -2.38. The van der Waals surface area contributed by atoms with Gasteiger partial charge in [0, 0.05) is 0 Å². The van der Waals surface area contributed by atoms with Crippen LogP contribution in [0.15, 0.2) is 0 Å². The third-order valence-electron chi connectivity index (χ3n) is 3.44. The first-order valence-corrected chi connectivity index (χ1v) is 6.48. The summed E-state index contributed by atoms with van der Waals surface area (Å²) in [5.41, 5.74) is 0.602. The van der Waals surface area contributed by atoms with E-state index in [0.29, 0.717) is 5.69 Å². The summed E-state index contributed by atoms with van der Waals surface area (Å²) in [4.78, 5) is 0. The summed E-state index contributed by atoms with van der Waals surface area (Å²) in [6.07, 6.45) is -2.14. The molecule has 0 amide bonds. The average Bonchev–Trinajstić information content (AvgIpc) is 3.00. The van der Waals surface area contributed by atoms with Crippen LogP contribution in [0.5, 0.6) is 0 Å². The summed E-state index contributed by atoms with van der Waals surface area (Å²) in [6.45, 7) is -0.827. The lowest BCUT2D eigenvalue weighted by atomic mass is 10.1. The normalized spacial score (nSPS) is 28.4. The van der Waals surface area contributed by atoms with Crippen LogP contribution in [-0.4, -0.2) is 78.0 Å². The number of nitrogens with one attached hydrogen (secondary N) is 1. The van der Waals surface area contributed by atoms with Crippen molar-refractivity contribution in [2.24, 2.45) is 0 Å². The van der Waals surface area contributed by atoms with Gasteiger partial charge in [-0.05, 0) is 5.92 Å². The molecule has 2 rings (SSSR count).